The summed E-state index contributed by atoms with van der Waals surface area (Å²) in [6.07, 6.45) is 0. The summed E-state index contributed by atoms with van der Waals surface area (Å²) in [5, 5.41) is 11.3. The SMILES string of the molecule is CC(C(N)=NO)N(C)C(=O)c1cc(F)cc(F)c1. The Kier molecular flexibility index (Phi) is 4.19. The average molecular weight is 257 g/mol. The van der Waals surface area contributed by atoms with Crippen molar-refractivity contribution >= 4 is 11.7 Å². The van der Waals surface area contributed by atoms with Crippen molar-refractivity contribution in [2.75, 3.05) is 7.05 Å². The van der Waals surface area contributed by atoms with Crippen LogP contribution in [0.5, 0.6) is 0 Å². The highest BCUT2D eigenvalue weighted by Gasteiger charge is 2.21. The summed E-state index contributed by atoms with van der Waals surface area (Å²) in [7, 11) is 1.38. The number of likely N-dealkylation sites (N-methyl/N-ethyl adjacent to an activating group) is 1. The lowest BCUT2D eigenvalue weighted by Crippen LogP contribution is -2.43. The van der Waals surface area contributed by atoms with Gasteiger partial charge in [0, 0.05) is 18.7 Å². The van der Waals surface area contributed by atoms with Gasteiger partial charge in [-0.3, -0.25) is 4.79 Å². The molecule has 0 aromatic heterocycles. The number of carbonyl (C=O) groups excluding carboxylic acids is 1. The van der Waals surface area contributed by atoms with Crippen molar-refractivity contribution in [2.45, 2.75) is 13.0 Å². The number of oxime groups is 1. The summed E-state index contributed by atoms with van der Waals surface area (Å²) in [6.45, 7) is 1.52. The van der Waals surface area contributed by atoms with E-state index in [1.807, 2.05) is 0 Å². The molecule has 1 atom stereocenters. The maximum absolute atomic E-state index is 13.0. The number of carbonyl (C=O) groups is 1. The molecule has 0 saturated heterocycles. The Morgan fingerprint density at radius 1 is 1.39 bits per heavy atom. The van der Waals surface area contributed by atoms with Gasteiger partial charge in [0.2, 0.25) is 0 Å². The summed E-state index contributed by atoms with van der Waals surface area (Å²) in [4.78, 5) is 13.0. The highest BCUT2D eigenvalue weighted by Crippen LogP contribution is 2.11. The predicted molar refractivity (Wildman–Crippen MR) is 61.3 cm³/mol. The van der Waals surface area contributed by atoms with Crippen LogP contribution in [-0.2, 0) is 0 Å². The number of nitrogens with two attached hydrogens (primary N) is 1. The van der Waals surface area contributed by atoms with Crippen LogP contribution in [0.4, 0.5) is 8.78 Å². The predicted octanol–water partition coefficient (Wildman–Crippen LogP) is 1.17. The minimum absolute atomic E-state index is 0.146. The lowest BCUT2D eigenvalue weighted by molar-refractivity contribution is 0.0775. The minimum atomic E-state index is -0.844. The molecule has 18 heavy (non-hydrogen) atoms. The van der Waals surface area contributed by atoms with Gasteiger partial charge in [-0.05, 0) is 19.1 Å². The summed E-state index contributed by atoms with van der Waals surface area (Å²) < 4.78 is 26.0. The van der Waals surface area contributed by atoms with Crippen molar-refractivity contribution in [3.63, 3.8) is 0 Å². The fourth-order valence-corrected chi connectivity index (χ4v) is 1.34. The van der Waals surface area contributed by atoms with Gasteiger partial charge in [0.25, 0.3) is 5.91 Å². The van der Waals surface area contributed by atoms with Gasteiger partial charge in [-0.25, -0.2) is 8.78 Å². The third-order valence-electron chi connectivity index (χ3n) is 2.55. The second-order valence-corrected chi connectivity index (χ2v) is 3.78. The fourth-order valence-electron chi connectivity index (χ4n) is 1.34. The van der Waals surface area contributed by atoms with Crippen molar-refractivity contribution in [2.24, 2.45) is 10.9 Å². The Morgan fingerprint density at radius 3 is 2.33 bits per heavy atom. The van der Waals surface area contributed by atoms with Crippen molar-refractivity contribution in [1.82, 2.24) is 4.90 Å². The molecule has 1 amide bonds. The van der Waals surface area contributed by atoms with Crippen LogP contribution >= 0.6 is 0 Å². The zero-order valence-corrected chi connectivity index (χ0v) is 9.89. The first-order valence-corrected chi connectivity index (χ1v) is 5.07. The van der Waals surface area contributed by atoms with Crippen LogP contribution in [0, 0.1) is 11.6 Å². The monoisotopic (exact) mass is 257 g/mol. The number of amidine groups is 1. The Balaban J connectivity index is 3.00. The summed E-state index contributed by atoms with van der Waals surface area (Å²) in [5.41, 5.74) is 5.21. The number of nitrogens with zero attached hydrogens (tertiary/aromatic N) is 2. The molecule has 5 nitrogen and oxygen atoms in total. The van der Waals surface area contributed by atoms with Gasteiger partial charge in [0.05, 0.1) is 6.04 Å². The molecule has 0 saturated carbocycles. The molecular weight excluding hydrogens is 244 g/mol. The minimum Gasteiger partial charge on any atom is -0.409 e. The number of halogens is 2. The first-order valence-electron chi connectivity index (χ1n) is 5.07. The van der Waals surface area contributed by atoms with Gasteiger partial charge < -0.3 is 15.8 Å². The van der Waals surface area contributed by atoms with E-state index >= 15 is 0 Å². The molecule has 0 fully saturated rings. The first-order chi connectivity index (χ1) is 8.36. The van der Waals surface area contributed by atoms with Crippen LogP contribution in [0.1, 0.15) is 17.3 Å². The second-order valence-electron chi connectivity index (χ2n) is 3.78. The smallest absolute Gasteiger partial charge is 0.254 e. The lowest BCUT2D eigenvalue weighted by Gasteiger charge is -2.23. The quantitative estimate of drug-likeness (QED) is 0.369. The molecule has 98 valence electrons. The number of hydrogen-bond donors (Lipinski definition) is 2. The van der Waals surface area contributed by atoms with Gasteiger partial charge in [-0.1, -0.05) is 5.16 Å². The number of benzene rings is 1. The van der Waals surface area contributed by atoms with Crippen LogP contribution in [0.25, 0.3) is 0 Å². The van der Waals surface area contributed by atoms with E-state index in [1.54, 1.807) is 0 Å². The molecule has 1 rings (SSSR count). The van der Waals surface area contributed by atoms with Crippen LogP contribution < -0.4 is 5.73 Å². The molecule has 3 N–H and O–H groups in total. The van der Waals surface area contributed by atoms with E-state index in [1.165, 1.54) is 14.0 Å². The van der Waals surface area contributed by atoms with Crippen LogP contribution in [0.15, 0.2) is 23.4 Å². The summed E-state index contributed by atoms with van der Waals surface area (Å²) in [5.74, 6) is -2.50. The van der Waals surface area contributed by atoms with Crippen molar-refractivity contribution in [3.05, 3.63) is 35.4 Å². The zero-order chi connectivity index (χ0) is 13.9. The van der Waals surface area contributed by atoms with E-state index < -0.39 is 23.6 Å². The van der Waals surface area contributed by atoms with E-state index in [0.717, 1.165) is 17.0 Å². The Hall–Kier alpha value is -2.18. The van der Waals surface area contributed by atoms with E-state index in [4.69, 9.17) is 10.9 Å². The molecule has 0 bridgehead atoms. The maximum Gasteiger partial charge on any atom is 0.254 e. The molecule has 0 radical (unpaired) electrons. The summed E-state index contributed by atoms with van der Waals surface area (Å²) in [6, 6.07) is 1.81. The summed E-state index contributed by atoms with van der Waals surface area (Å²) >= 11 is 0. The lowest BCUT2D eigenvalue weighted by atomic mass is 10.1. The van der Waals surface area contributed by atoms with Gasteiger partial charge in [0.1, 0.15) is 11.6 Å². The van der Waals surface area contributed by atoms with Crippen molar-refractivity contribution in [1.29, 1.82) is 0 Å². The molecule has 0 heterocycles. The molecule has 1 aromatic rings. The fraction of sp³-hybridized carbons (Fsp3) is 0.273. The van der Waals surface area contributed by atoms with Gasteiger partial charge in [-0.2, -0.15) is 0 Å². The molecule has 1 aromatic carbocycles. The normalized spacial score (nSPS) is 13.2. The average Bonchev–Trinajstić information content (AvgIpc) is 2.33. The van der Waals surface area contributed by atoms with Gasteiger partial charge >= 0.3 is 0 Å². The number of amides is 1. The molecule has 0 aliphatic carbocycles. The molecule has 7 heteroatoms. The number of rotatable bonds is 3. The van der Waals surface area contributed by atoms with E-state index in [-0.39, 0.29) is 11.4 Å². The van der Waals surface area contributed by atoms with Gasteiger partial charge in [-0.15, -0.1) is 0 Å². The Morgan fingerprint density at radius 2 is 1.89 bits per heavy atom. The largest absolute Gasteiger partial charge is 0.409 e. The van der Waals surface area contributed by atoms with E-state index in [0.29, 0.717) is 6.07 Å². The van der Waals surface area contributed by atoms with Crippen molar-refractivity contribution in [3.8, 4) is 0 Å². The van der Waals surface area contributed by atoms with Gasteiger partial charge in [0.15, 0.2) is 5.84 Å². The number of hydrogen-bond acceptors (Lipinski definition) is 3. The highest BCUT2D eigenvalue weighted by molar-refractivity contribution is 5.97. The standard InChI is InChI=1S/C11H13F2N3O2/c1-6(10(14)15-18)16(2)11(17)7-3-8(12)5-9(13)4-7/h3-6,18H,1-2H3,(H2,14,15). The topological polar surface area (TPSA) is 78.9 Å². The Labute approximate surface area is 102 Å². The molecule has 0 aliphatic heterocycles. The van der Waals surface area contributed by atoms with Crippen LogP contribution in [-0.4, -0.2) is 34.9 Å². The third-order valence-corrected chi connectivity index (χ3v) is 2.55. The van der Waals surface area contributed by atoms with Crippen LogP contribution in [0.3, 0.4) is 0 Å². The molecule has 0 spiro atoms. The molecule has 1 unspecified atom stereocenters. The molecule has 0 aliphatic rings. The molecular formula is C11H13F2N3O2. The van der Waals surface area contributed by atoms with Crippen LogP contribution in [0.2, 0.25) is 0 Å². The first kappa shape index (κ1) is 13.9. The second kappa shape index (κ2) is 5.44. The maximum atomic E-state index is 13.0. The van der Waals surface area contributed by atoms with E-state index in [9.17, 15) is 13.6 Å². The van der Waals surface area contributed by atoms with E-state index in [2.05, 4.69) is 5.16 Å². The van der Waals surface area contributed by atoms with Crippen molar-refractivity contribution < 1.29 is 18.8 Å². The third kappa shape index (κ3) is 2.93. The zero-order valence-electron chi connectivity index (χ0n) is 9.89. The Bertz CT molecular complexity index is 471. The highest BCUT2D eigenvalue weighted by atomic mass is 19.1.